The van der Waals surface area contributed by atoms with Crippen molar-refractivity contribution in [2.24, 2.45) is 0 Å². The molecular formula is C14H13F3N4O2. The van der Waals surface area contributed by atoms with Crippen LogP contribution in [-0.4, -0.2) is 33.6 Å². The highest BCUT2D eigenvalue weighted by atomic mass is 19.4. The molecule has 0 fully saturated rings. The van der Waals surface area contributed by atoms with Crippen molar-refractivity contribution in [3.8, 4) is 5.88 Å². The number of anilines is 1. The number of carbonyl (C=O) groups excluding carboxylic acids is 1. The average Bonchev–Trinajstić information content (AvgIpc) is 2.44. The molecule has 2 aromatic rings. The fourth-order valence-electron chi connectivity index (χ4n) is 1.79. The molecule has 0 spiro atoms. The van der Waals surface area contributed by atoms with Gasteiger partial charge in [0.25, 0.3) is 5.91 Å². The lowest BCUT2D eigenvalue weighted by Gasteiger charge is -2.09. The fraction of sp³-hybridized carbons (Fsp3) is 0.286. The Morgan fingerprint density at radius 2 is 1.83 bits per heavy atom. The molecule has 122 valence electrons. The van der Waals surface area contributed by atoms with Crippen LogP contribution in [0.15, 0.2) is 24.5 Å². The Morgan fingerprint density at radius 3 is 2.43 bits per heavy atom. The number of halogens is 3. The molecule has 0 saturated carbocycles. The molecule has 0 atom stereocenters. The fourth-order valence-corrected chi connectivity index (χ4v) is 1.79. The molecule has 9 heteroatoms. The Morgan fingerprint density at radius 1 is 1.17 bits per heavy atom. The molecule has 0 saturated heterocycles. The van der Waals surface area contributed by atoms with Crippen LogP contribution in [0, 0.1) is 13.8 Å². The lowest BCUT2D eigenvalue weighted by Crippen LogP contribution is -2.20. The monoisotopic (exact) mass is 326 g/mol. The van der Waals surface area contributed by atoms with Crippen molar-refractivity contribution in [1.82, 2.24) is 15.0 Å². The van der Waals surface area contributed by atoms with E-state index in [2.05, 4.69) is 25.0 Å². The first-order valence-corrected chi connectivity index (χ1v) is 6.51. The maximum atomic E-state index is 12.1. The zero-order valence-corrected chi connectivity index (χ0v) is 12.3. The lowest BCUT2D eigenvalue weighted by atomic mass is 10.2. The van der Waals surface area contributed by atoms with E-state index < -0.39 is 18.7 Å². The van der Waals surface area contributed by atoms with Crippen LogP contribution >= 0.6 is 0 Å². The average molecular weight is 326 g/mol. The second-order valence-electron chi connectivity index (χ2n) is 4.74. The van der Waals surface area contributed by atoms with E-state index in [9.17, 15) is 18.0 Å². The van der Waals surface area contributed by atoms with Crippen molar-refractivity contribution < 1.29 is 22.7 Å². The smallest absolute Gasteiger partial charge is 0.422 e. The molecule has 0 aliphatic heterocycles. The number of rotatable bonds is 4. The Kier molecular flexibility index (Phi) is 4.77. The van der Waals surface area contributed by atoms with Crippen molar-refractivity contribution in [2.75, 3.05) is 11.9 Å². The van der Waals surface area contributed by atoms with Gasteiger partial charge in [-0.05, 0) is 26.0 Å². The van der Waals surface area contributed by atoms with Crippen LogP contribution in [-0.2, 0) is 0 Å². The van der Waals surface area contributed by atoms with Gasteiger partial charge < -0.3 is 10.1 Å². The summed E-state index contributed by atoms with van der Waals surface area (Å²) in [6.07, 6.45) is -2.24. The first-order chi connectivity index (χ1) is 10.7. The summed E-state index contributed by atoms with van der Waals surface area (Å²) in [6, 6.07) is 3.17. The molecule has 6 nitrogen and oxygen atoms in total. The third-order valence-electron chi connectivity index (χ3n) is 2.58. The van der Waals surface area contributed by atoms with E-state index in [0.717, 1.165) is 6.20 Å². The topological polar surface area (TPSA) is 77.0 Å². The van der Waals surface area contributed by atoms with Gasteiger partial charge in [0.15, 0.2) is 12.4 Å². The summed E-state index contributed by atoms with van der Waals surface area (Å²) in [4.78, 5) is 23.7. The van der Waals surface area contributed by atoms with Crippen molar-refractivity contribution >= 4 is 11.7 Å². The van der Waals surface area contributed by atoms with Gasteiger partial charge in [0.1, 0.15) is 0 Å². The van der Waals surface area contributed by atoms with Gasteiger partial charge in [-0.1, -0.05) is 0 Å². The quantitative estimate of drug-likeness (QED) is 0.935. The van der Waals surface area contributed by atoms with E-state index >= 15 is 0 Å². The van der Waals surface area contributed by atoms with Crippen LogP contribution in [0.2, 0.25) is 0 Å². The Hall–Kier alpha value is -2.71. The van der Waals surface area contributed by atoms with Gasteiger partial charge in [0, 0.05) is 17.0 Å². The van der Waals surface area contributed by atoms with Gasteiger partial charge in [0.2, 0.25) is 5.88 Å². The number of ether oxygens (including phenoxy) is 1. The van der Waals surface area contributed by atoms with Crippen LogP contribution in [0.4, 0.5) is 19.0 Å². The lowest BCUT2D eigenvalue weighted by molar-refractivity contribution is -0.154. The molecule has 0 unspecified atom stereocenters. The molecule has 0 radical (unpaired) electrons. The number of alkyl halides is 3. The van der Waals surface area contributed by atoms with Crippen LogP contribution in [0.3, 0.4) is 0 Å². The second-order valence-corrected chi connectivity index (χ2v) is 4.74. The molecule has 0 bridgehead atoms. The Labute approximate surface area is 129 Å². The summed E-state index contributed by atoms with van der Waals surface area (Å²) in [5.41, 5.74) is 1.70. The number of carbonyl (C=O) groups is 1. The summed E-state index contributed by atoms with van der Waals surface area (Å²) >= 11 is 0. The maximum Gasteiger partial charge on any atom is 0.422 e. The number of aromatic nitrogens is 3. The molecule has 1 N–H and O–H groups in total. The standard InChI is InChI=1S/C14H13F3N4O2/c1-8-3-10(4-9(2)19-8)13(22)21-11-5-18-6-12(20-11)23-7-14(15,16)17/h3-6H,7H2,1-2H3,(H,20,21,22). The number of pyridine rings is 1. The maximum absolute atomic E-state index is 12.1. The summed E-state index contributed by atoms with van der Waals surface area (Å²) in [7, 11) is 0. The van der Waals surface area contributed by atoms with E-state index in [1.807, 2.05) is 0 Å². The predicted molar refractivity (Wildman–Crippen MR) is 75.2 cm³/mol. The van der Waals surface area contributed by atoms with E-state index in [1.54, 1.807) is 26.0 Å². The molecule has 0 aliphatic rings. The van der Waals surface area contributed by atoms with Crippen LogP contribution in [0.1, 0.15) is 21.7 Å². The number of hydrogen-bond acceptors (Lipinski definition) is 5. The first kappa shape index (κ1) is 16.7. The number of hydrogen-bond donors (Lipinski definition) is 1. The summed E-state index contributed by atoms with van der Waals surface area (Å²) in [5, 5.41) is 2.45. The van der Waals surface area contributed by atoms with Gasteiger partial charge >= 0.3 is 6.18 Å². The SMILES string of the molecule is Cc1cc(C(=O)Nc2cncc(OCC(F)(F)F)n2)cc(C)n1. The molecule has 2 aromatic heterocycles. The van der Waals surface area contributed by atoms with Gasteiger partial charge in [-0.25, -0.2) is 0 Å². The molecule has 2 rings (SSSR count). The number of nitrogens with one attached hydrogen (secondary N) is 1. The number of aryl methyl sites for hydroxylation is 2. The van der Waals surface area contributed by atoms with Gasteiger partial charge in [-0.3, -0.25) is 14.8 Å². The predicted octanol–water partition coefficient (Wildman–Crippen LogP) is 2.68. The molecule has 0 aliphatic carbocycles. The zero-order chi connectivity index (χ0) is 17.0. The molecule has 0 aromatic carbocycles. The van der Waals surface area contributed by atoms with Gasteiger partial charge in [-0.15, -0.1) is 0 Å². The highest BCUT2D eigenvalue weighted by molar-refractivity contribution is 6.03. The van der Waals surface area contributed by atoms with Crippen molar-refractivity contribution in [1.29, 1.82) is 0 Å². The summed E-state index contributed by atoms with van der Waals surface area (Å²) in [5.74, 6) is -0.815. The molecule has 2 heterocycles. The van der Waals surface area contributed by atoms with Crippen LogP contribution < -0.4 is 10.1 Å². The molecular weight excluding hydrogens is 313 g/mol. The largest absolute Gasteiger partial charge is 0.467 e. The van der Waals surface area contributed by atoms with E-state index in [1.165, 1.54) is 6.20 Å². The van der Waals surface area contributed by atoms with Crippen molar-refractivity contribution in [3.05, 3.63) is 41.5 Å². The minimum absolute atomic E-state index is 0.0122. The van der Waals surface area contributed by atoms with Crippen LogP contribution in [0.5, 0.6) is 5.88 Å². The van der Waals surface area contributed by atoms with Gasteiger partial charge in [-0.2, -0.15) is 18.2 Å². The van der Waals surface area contributed by atoms with Crippen molar-refractivity contribution in [3.63, 3.8) is 0 Å². The summed E-state index contributed by atoms with van der Waals surface area (Å²) < 4.78 is 40.8. The zero-order valence-electron chi connectivity index (χ0n) is 12.3. The first-order valence-electron chi connectivity index (χ1n) is 6.51. The number of amides is 1. The van der Waals surface area contributed by atoms with Crippen molar-refractivity contribution in [2.45, 2.75) is 20.0 Å². The third kappa shape index (κ3) is 5.20. The van der Waals surface area contributed by atoms with E-state index in [4.69, 9.17) is 0 Å². The van der Waals surface area contributed by atoms with E-state index in [-0.39, 0.29) is 11.7 Å². The highest BCUT2D eigenvalue weighted by Gasteiger charge is 2.28. The molecule has 23 heavy (non-hydrogen) atoms. The normalized spacial score (nSPS) is 11.2. The van der Waals surface area contributed by atoms with Gasteiger partial charge in [0.05, 0.1) is 12.4 Å². The van der Waals surface area contributed by atoms with Crippen LogP contribution in [0.25, 0.3) is 0 Å². The number of nitrogens with zero attached hydrogens (tertiary/aromatic N) is 3. The second kappa shape index (κ2) is 6.59. The minimum atomic E-state index is -4.48. The summed E-state index contributed by atoms with van der Waals surface area (Å²) in [6.45, 7) is 2.01. The highest BCUT2D eigenvalue weighted by Crippen LogP contribution is 2.17. The van der Waals surface area contributed by atoms with E-state index in [0.29, 0.717) is 17.0 Å². The Bertz CT molecular complexity index is 699. The Balaban J connectivity index is 2.09. The minimum Gasteiger partial charge on any atom is -0.467 e. The third-order valence-corrected chi connectivity index (χ3v) is 2.58. The molecule has 1 amide bonds.